The number of aromatic amines is 1. The Balaban J connectivity index is 1.97. The predicted octanol–water partition coefficient (Wildman–Crippen LogP) is 5.41. The van der Waals surface area contributed by atoms with Gasteiger partial charge in [-0.3, -0.25) is 5.10 Å². The largest absolute Gasteiger partial charge is 0.277 e. The lowest BCUT2D eigenvalue weighted by Gasteiger charge is -2.07. The molecule has 0 bridgehead atoms. The Morgan fingerprint density at radius 2 is 1.00 bits per heavy atom. The minimum atomic E-state index is 0.982. The van der Waals surface area contributed by atoms with E-state index in [2.05, 4.69) is 58.7 Å². The Hall–Kier alpha value is -3.13. The minimum absolute atomic E-state index is 0.982. The Labute approximate surface area is 135 Å². The third kappa shape index (κ3) is 2.55. The fourth-order valence-electron chi connectivity index (χ4n) is 2.85. The standard InChI is InChI=1S/C21H16N2/c1-4-10-16(11-5-1)19-20(17-12-6-2-7-13-17)22-23-21(19)18-14-8-3-9-15-18/h1-15H,(H,22,23). The van der Waals surface area contributed by atoms with Crippen LogP contribution in [0.1, 0.15) is 0 Å². The van der Waals surface area contributed by atoms with Gasteiger partial charge in [0.1, 0.15) is 5.69 Å². The van der Waals surface area contributed by atoms with Crippen LogP contribution in [0.5, 0.6) is 0 Å². The average molecular weight is 296 g/mol. The van der Waals surface area contributed by atoms with Crippen molar-refractivity contribution in [3.63, 3.8) is 0 Å². The zero-order valence-electron chi connectivity index (χ0n) is 12.6. The molecule has 0 amide bonds. The lowest BCUT2D eigenvalue weighted by atomic mass is 9.96. The highest BCUT2D eigenvalue weighted by molar-refractivity contribution is 5.91. The Kier molecular flexibility index (Phi) is 3.49. The van der Waals surface area contributed by atoms with E-state index in [-0.39, 0.29) is 0 Å². The average Bonchev–Trinajstić information content (AvgIpc) is 3.09. The first-order chi connectivity index (χ1) is 11.4. The highest BCUT2D eigenvalue weighted by Gasteiger charge is 2.17. The first kappa shape index (κ1) is 13.5. The summed E-state index contributed by atoms with van der Waals surface area (Å²) in [5, 5.41) is 7.85. The van der Waals surface area contributed by atoms with Crippen molar-refractivity contribution in [3.8, 4) is 33.6 Å². The second kappa shape index (κ2) is 5.93. The maximum absolute atomic E-state index is 4.61. The van der Waals surface area contributed by atoms with Crippen LogP contribution < -0.4 is 0 Å². The quantitative estimate of drug-likeness (QED) is 0.538. The smallest absolute Gasteiger partial charge is 0.101 e. The number of nitrogens with one attached hydrogen (secondary N) is 1. The Morgan fingerprint density at radius 3 is 1.57 bits per heavy atom. The van der Waals surface area contributed by atoms with Crippen molar-refractivity contribution in [2.45, 2.75) is 0 Å². The number of rotatable bonds is 3. The van der Waals surface area contributed by atoms with Crippen molar-refractivity contribution < 1.29 is 0 Å². The Bertz CT molecular complexity index is 838. The molecule has 3 aromatic carbocycles. The van der Waals surface area contributed by atoms with Gasteiger partial charge in [-0.2, -0.15) is 5.10 Å². The molecule has 0 spiro atoms. The molecule has 2 nitrogen and oxygen atoms in total. The zero-order valence-corrected chi connectivity index (χ0v) is 12.6. The van der Waals surface area contributed by atoms with Gasteiger partial charge in [-0.15, -0.1) is 0 Å². The molecule has 23 heavy (non-hydrogen) atoms. The molecule has 1 N–H and O–H groups in total. The maximum Gasteiger partial charge on any atom is 0.101 e. The van der Waals surface area contributed by atoms with Crippen LogP contribution in [0.3, 0.4) is 0 Å². The molecule has 0 saturated carbocycles. The molecule has 0 saturated heterocycles. The molecule has 4 rings (SSSR count). The summed E-state index contributed by atoms with van der Waals surface area (Å²) in [5.41, 5.74) is 6.60. The molecule has 0 unspecified atom stereocenters. The summed E-state index contributed by atoms with van der Waals surface area (Å²) in [6.45, 7) is 0. The van der Waals surface area contributed by atoms with E-state index in [1.807, 2.05) is 42.5 Å². The molecule has 0 atom stereocenters. The fourth-order valence-corrected chi connectivity index (χ4v) is 2.85. The first-order valence-corrected chi connectivity index (χ1v) is 7.68. The summed E-state index contributed by atoms with van der Waals surface area (Å²) in [6.07, 6.45) is 0. The van der Waals surface area contributed by atoms with Crippen LogP contribution in [0.2, 0.25) is 0 Å². The summed E-state index contributed by atoms with van der Waals surface area (Å²) >= 11 is 0. The van der Waals surface area contributed by atoms with E-state index in [0.717, 1.165) is 28.1 Å². The molecule has 1 aromatic heterocycles. The molecule has 2 heteroatoms. The Morgan fingerprint density at radius 1 is 0.522 bits per heavy atom. The van der Waals surface area contributed by atoms with Gasteiger partial charge in [-0.25, -0.2) is 0 Å². The number of nitrogens with zero attached hydrogens (tertiary/aromatic N) is 1. The van der Waals surface area contributed by atoms with Crippen molar-refractivity contribution in [1.29, 1.82) is 0 Å². The third-order valence-electron chi connectivity index (χ3n) is 3.94. The van der Waals surface area contributed by atoms with E-state index in [1.165, 1.54) is 5.56 Å². The second-order valence-electron chi connectivity index (χ2n) is 5.42. The second-order valence-corrected chi connectivity index (χ2v) is 5.42. The van der Waals surface area contributed by atoms with Crippen LogP contribution in [0.25, 0.3) is 33.6 Å². The van der Waals surface area contributed by atoms with Crippen molar-refractivity contribution in [2.75, 3.05) is 0 Å². The molecule has 0 aliphatic carbocycles. The van der Waals surface area contributed by atoms with Crippen molar-refractivity contribution >= 4 is 0 Å². The van der Waals surface area contributed by atoms with Gasteiger partial charge >= 0.3 is 0 Å². The first-order valence-electron chi connectivity index (χ1n) is 7.68. The lowest BCUT2D eigenvalue weighted by molar-refractivity contribution is 1.10. The molecule has 0 aliphatic rings. The summed E-state index contributed by atoms with van der Waals surface area (Å²) in [4.78, 5) is 0. The van der Waals surface area contributed by atoms with Gasteiger partial charge in [0.05, 0.1) is 5.69 Å². The summed E-state index contributed by atoms with van der Waals surface area (Å²) in [7, 11) is 0. The van der Waals surface area contributed by atoms with Crippen LogP contribution in [-0.4, -0.2) is 10.2 Å². The van der Waals surface area contributed by atoms with Gasteiger partial charge in [0.25, 0.3) is 0 Å². The normalized spacial score (nSPS) is 10.6. The number of benzene rings is 3. The number of aromatic nitrogens is 2. The number of hydrogen-bond donors (Lipinski definition) is 1. The monoisotopic (exact) mass is 296 g/mol. The van der Waals surface area contributed by atoms with Crippen LogP contribution in [0.4, 0.5) is 0 Å². The minimum Gasteiger partial charge on any atom is -0.277 e. The fraction of sp³-hybridized carbons (Fsp3) is 0. The van der Waals surface area contributed by atoms with Crippen molar-refractivity contribution in [2.24, 2.45) is 0 Å². The molecular weight excluding hydrogens is 280 g/mol. The molecule has 1 heterocycles. The van der Waals surface area contributed by atoms with Gasteiger partial charge in [0.2, 0.25) is 0 Å². The van der Waals surface area contributed by atoms with Gasteiger partial charge in [-0.1, -0.05) is 91.0 Å². The topological polar surface area (TPSA) is 28.7 Å². The van der Waals surface area contributed by atoms with Gasteiger partial charge in [0, 0.05) is 16.7 Å². The highest BCUT2D eigenvalue weighted by Crippen LogP contribution is 2.37. The maximum atomic E-state index is 4.61. The lowest BCUT2D eigenvalue weighted by Crippen LogP contribution is -1.84. The third-order valence-corrected chi connectivity index (χ3v) is 3.94. The number of H-pyrrole nitrogens is 1. The van der Waals surface area contributed by atoms with Crippen LogP contribution in [0, 0.1) is 0 Å². The van der Waals surface area contributed by atoms with Crippen molar-refractivity contribution in [3.05, 3.63) is 91.0 Å². The van der Waals surface area contributed by atoms with Crippen LogP contribution >= 0.6 is 0 Å². The highest BCUT2D eigenvalue weighted by atomic mass is 15.1. The van der Waals surface area contributed by atoms with Crippen LogP contribution in [-0.2, 0) is 0 Å². The summed E-state index contributed by atoms with van der Waals surface area (Å²) in [6, 6.07) is 31.1. The van der Waals surface area contributed by atoms with Crippen molar-refractivity contribution in [1.82, 2.24) is 10.2 Å². The molecule has 4 aromatic rings. The molecule has 0 aliphatic heterocycles. The zero-order chi connectivity index (χ0) is 15.5. The van der Waals surface area contributed by atoms with E-state index in [9.17, 15) is 0 Å². The predicted molar refractivity (Wildman–Crippen MR) is 94.9 cm³/mol. The van der Waals surface area contributed by atoms with E-state index in [0.29, 0.717) is 0 Å². The molecule has 110 valence electrons. The SMILES string of the molecule is c1ccc(-c2n[nH]c(-c3ccccc3)c2-c2ccccc2)cc1. The van der Waals surface area contributed by atoms with Gasteiger partial charge in [-0.05, 0) is 5.56 Å². The van der Waals surface area contributed by atoms with E-state index < -0.39 is 0 Å². The molecule has 0 radical (unpaired) electrons. The number of hydrogen-bond acceptors (Lipinski definition) is 1. The van der Waals surface area contributed by atoms with Gasteiger partial charge in [0.15, 0.2) is 0 Å². The van der Waals surface area contributed by atoms with E-state index in [1.54, 1.807) is 0 Å². The van der Waals surface area contributed by atoms with Crippen LogP contribution in [0.15, 0.2) is 91.0 Å². The van der Waals surface area contributed by atoms with E-state index >= 15 is 0 Å². The van der Waals surface area contributed by atoms with Gasteiger partial charge < -0.3 is 0 Å². The molecule has 0 fully saturated rings. The molecular formula is C21H16N2. The summed E-state index contributed by atoms with van der Waals surface area (Å²) in [5.74, 6) is 0. The summed E-state index contributed by atoms with van der Waals surface area (Å²) < 4.78 is 0. The van der Waals surface area contributed by atoms with E-state index in [4.69, 9.17) is 0 Å².